The molecule has 0 aliphatic carbocycles. The Morgan fingerprint density at radius 2 is 0.250 bits per heavy atom. The van der Waals surface area contributed by atoms with Gasteiger partial charge in [-0.15, -0.1) is 0 Å². The van der Waals surface area contributed by atoms with Crippen LogP contribution < -0.4 is 60.3 Å². The third kappa shape index (κ3) is 344. The van der Waals surface area contributed by atoms with Crippen molar-refractivity contribution in [3.05, 3.63) is 0 Å². The van der Waals surface area contributed by atoms with Crippen LogP contribution in [0.3, 0.4) is 0 Å². The monoisotopic (exact) mass is 848 g/mol. The summed E-state index contributed by atoms with van der Waals surface area (Å²) in [6.07, 6.45) is 0. The molecule has 0 aromatic heterocycles. The summed E-state index contributed by atoms with van der Waals surface area (Å²) < 4.78 is 0. The zero-order valence-corrected chi connectivity index (χ0v) is 18.4. The fourth-order valence-electron chi connectivity index (χ4n) is 0. The van der Waals surface area contributed by atoms with Crippen molar-refractivity contribution in [2.45, 2.75) is 0 Å². The second-order valence-electron chi connectivity index (χ2n) is 1.15. The van der Waals surface area contributed by atoms with Crippen LogP contribution in [0.5, 0.6) is 0 Å². The molecule has 20 heteroatoms. The molecule has 0 fully saturated rings. The van der Waals surface area contributed by atoms with Crippen molar-refractivity contribution >= 4 is 29.3 Å². The predicted octanol–water partition coefficient (Wildman–Crippen LogP) is -15.8. The van der Waals surface area contributed by atoms with Gasteiger partial charge in [0.25, 0.3) is 0 Å². The molecular weight excluding hydrogens is 843 g/mol. The third-order valence-electron chi connectivity index (χ3n) is 0. The molecule has 0 saturated heterocycles. The van der Waals surface area contributed by atoms with E-state index in [1.165, 1.54) is 0 Å². The Kier molecular flexibility index (Phi) is 112. The van der Waals surface area contributed by atoms with Crippen LogP contribution in [0.15, 0.2) is 0 Å². The molecule has 0 bridgehead atoms. The number of hydrogen-bond acceptors (Lipinski definition) is 12. The molecule has 0 spiro atoms. The van der Waals surface area contributed by atoms with Crippen LogP contribution in [0.25, 0.3) is 0 Å². The van der Waals surface area contributed by atoms with E-state index in [2.05, 4.69) is 0 Å². The molecule has 0 N–H and O–H groups in total. The Labute approximate surface area is 279 Å². The van der Waals surface area contributed by atoms with E-state index in [4.69, 9.17) is 60.3 Å². The SMILES string of the molecule is [Eu+3].[Eu+3].[Eu+3].[Eu+3].[O-]B([O-])[O-].[O-]B([O-])[O-].[O-]B([O-])[O-].[O-]B([O-])[O-]. The summed E-state index contributed by atoms with van der Waals surface area (Å²) in [5.74, 6) is 0. The molecule has 0 aromatic carbocycles. The smallest absolute Gasteiger partial charge is 0.907 e. The normalized spacial score (nSPS) is 5.40. The molecule has 0 amide bonds. The average Bonchev–Trinajstić information content (AvgIpc) is 1.76. The van der Waals surface area contributed by atoms with Crippen LogP contribution in [-0.2, 0) is 0 Å². The van der Waals surface area contributed by atoms with Crippen LogP contribution in [0.1, 0.15) is 0 Å². The quantitative estimate of drug-likeness (QED) is 0.206. The minimum Gasteiger partial charge on any atom is -0.907 e. The Balaban J connectivity index is -0.0000000150. The summed E-state index contributed by atoms with van der Waals surface area (Å²) in [6.45, 7) is 0. The van der Waals surface area contributed by atoms with Gasteiger partial charge in [-0.25, -0.2) is 0 Å². The Hall–Kier alpha value is 6.12. The van der Waals surface area contributed by atoms with Gasteiger partial charge in [0.05, 0.1) is 0 Å². The van der Waals surface area contributed by atoms with E-state index in [9.17, 15) is 0 Å². The molecular formula is B4Eu4O12. The zero-order chi connectivity index (χ0) is 14.3. The van der Waals surface area contributed by atoms with Crippen molar-refractivity contribution in [2.24, 2.45) is 0 Å². The Morgan fingerprint density at radius 1 is 0.250 bits per heavy atom. The van der Waals surface area contributed by atoms with E-state index in [1.807, 2.05) is 0 Å². The molecule has 0 heterocycles. The van der Waals surface area contributed by atoms with E-state index >= 15 is 0 Å². The first-order chi connectivity index (χ1) is 6.93. The minimum atomic E-state index is -2.92. The van der Waals surface area contributed by atoms with Crippen molar-refractivity contribution in [1.29, 1.82) is 0 Å². The van der Waals surface area contributed by atoms with Gasteiger partial charge in [-0.3, -0.25) is 29.3 Å². The van der Waals surface area contributed by atoms with Gasteiger partial charge in [-0.2, -0.15) is 0 Å². The maximum atomic E-state index is 8.42. The van der Waals surface area contributed by atoms with Gasteiger partial charge in [-0.1, -0.05) is 0 Å². The predicted molar refractivity (Wildman–Crippen MR) is 23.0 cm³/mol. The van der Waals surface area contributed by atoms with Gasteiger partial charge >= 0.3 is 198 Å². The number of hydrogen-bond donors (Lipinski definition) is 0. The van der Waals surface area contributed by atoms with Crippen LogP contribution in [0.4, 0.5) is 0 Å². The molecule has 0 saturated carbocycles. The van der Waals surface area contributed by atoms with Gasteiger partial charge in [0.15, 0.2) is 0 Å². The molecule has 0 unspecified atom stereocenters. The third-order valence-corrected chi connectivity index (χ3v) is 0. The van der Waals surface area contributed by atoms with Gasteiger partial charge in [0.1, 0.15) is 0 Å². The minimum absolute atomic E-state index is 0. The first-order valence-corrected chi connectivity index (χ1v) is 2.83. The fourth-order valence-corrected chi connectivity index (χ4v) is 0. The van der Waals surface area contributed by atoms with Gasteiger partial charge in [0, 0.05) is 0 Å². The number of rotatable bonds is 0. The second-order valence-corrected chi connectivity index (χ2v) is 1.15. The van der Waals surface area contributed by atoms with Crippen LogP contribution in [0, 0.1) is 198 Å². The van der Waals surface area contributed by atoms with E-state index < -0.39 is 29.3 Å². The Morgan fingerprint density at radius 3 is 0.250 bits per heavy atom. The molecule has 0 atom stereocenters. The molecule has 20 heavy (non-hydrogen) atoms. The average molecular weight is 843 g/mol. The maximum Gasteiger partial charge on any atom is 3.00 e. The van der Waals surface area contributed by atoms with E-state index in [1.54, 1.807) is 0 Å². The zero-order valence-electron chi connectivity index (χ0n) is 8.72. The van der Waals surface area contributed by atoms with Crippen LogP contribution >= 0.6 is 0 Å². The van der Waals surface area contributed by atoms with Crippen molar-refractivity contribution < 1.29 is 258 Å². The molecule has 0 rings (SSSR count). The summed E-state index contributed by atoms with van der Waals surface area (Å²) >= 11 is 0. The summed E-state index contributed by atoms with van der Waals surface area (Å²) in [6, 6.07) is 0. The van der Waals surface area contributed by atoms with Crippen LogP contribution in [0.2, 0.25) is 0 Å². The Bertz CT molecular complexity index is 70.4. The van der Waals surface area contributed by atoms with Gasteiger partial charge in [-0.05, 0) is 0 Å². The molecule has 0 aliphatic rings. The molecule has 0 aromatic rings. The molecule has 12 nitrogen and oxygen atoms in total. The van der Waals surface area contributed by atoms with E-state index in [0.29, 0.717) is 0 Å². The molecule has 0 aliphatic heterocycles. The fraction of sp³-hybridized carbons (Fsp3) is 0. The first kappa shape index (κ1) is 50.2. The van der Waals surface area contributed by atoms with Crippen molar-refractivity contribution in [1.82, 2.24) is 0 Å². The topological polar surface area (TPSA) is 277 Å². The van der Waals surface area contributed by atoms with Gasteiger partial charge < -0.3 is 60.3 Å². The van der Waals surface area contributed by atoms with Crippen molar-refractivity contribution in [3.8, 4) is 0 Å². The van der Waals surface area contributed by atoms with E-state index in [0.717, 1.165) is 0 Å². The summed E-state index contributed by atoms with van der Waals surface area (Å²) in [7, 11) is -11.7. The molecule has 0 radical (unpaired) electrons. The van der Waals surface area contributed by atoms with Crippen molar-refractivity contribution in [2.75, 3.05) is 0 Å². The second kappa shape index (κ2) is 44.5. The van der Waals surface area contributed by atoms with E-state index in [-0.39, 0.29) is 198 Å². The van der Waals surface area contributed by atoms with Gasteiger partial charge in [0.2, 0.25) is 0 Å². The summed E-state index contributed by atoms with van der Waals surface area (Å²) in [4.78, 5) is 0. The molecule has 112 valence electrons. The maximum absolute atomic E-state index is 8.42. The largest absolute Gasteiger partial charge is 3.00 e. The van der Waals surface area contributed by atoms with Crippen LogP contribution in [-0.4, -0.2) is 29.3 Å². The summed E-state index contributed by atoms with van der Waals surface area (Å²) in [5, 5.41) is 101. The summed E-state index contributed by atoms with van der Waals surface area (Å²) in [5.41, 5.74) is 0. The standard InChI is InChI=1S/4BO3.4Eu/c4*2-1(3)4;;;;/q4*-3;4*+3. The first-order valence-electron chi connectivity index (χ1n) is 2.83. The van der Waals surface area contributed by atoms with Crippen molar-refractivity contribution in [3.63, 3.8) is 0 Å².